The largest absolute Gasteiger partial charge is 0.379 e. The van der Waals surface area contributed by atoms with Gasteiger partial charge >= 0.3 is 0 Å². The van der Waals surface area contributed by atoms with Crippen molar-refractivity contribution in [1.82, 2.24) is 10.2 Å². The molecule has 1 saturated heterocycles. The summed E-state index contributed by atoms with van der Waals surface area (Å²) in [5.74, 6) is 0.0355. The molecule has 1 fully saturated rings. The van der Waals surface area contributed by atoms with Gasteiger partial charge in [-0.3, -0.25) is 14.5 Å². The molecule has 0 bridgehead atoms. The van der Waals surface area contributed by atoms with E-state index < -0.39 is 6.04 Å². The molecule has 1 aliphatic heterocycles. The molecule has 2 rings (SSSR count). The summed E-state index contributed by atoms with van der Waals surface area (Å²) in [4.78, 5) is 26.5. The van der Waals surface area contributed by atoms with Crippen molar-refractivity contribution in [3.63, 3.8) is 0 Å². The lowest BCUT2D eigenvalue weighted by Gasteiger charge is -2.26. The standard InChI is InChI=1S/C19H30N4O3.2ClH/c1-14(2)13-17(20)19(25)22-16-5-3-15(4-6-16)18(24)21-7-8-23-9-11-26-12-10-23;;/h3-6,14,17H,7-13,20H2,1-2H3,(H,21,24)(H,22,25);2*1H/t17-;;/m0../s1. The summed E-state index contributed by atoms with van der Waals surface area (Å²) in [5, 5.41) is 5.70. The molecule has 0 aliphatic carbocycles. The van der Waals surface area contributed by atoms with Gasteiger partial charge in [-0.2, -0.15) is 0 Å². The van der Waals surface area contributed by atoms with Crippen LogP contribution in [0.5, 0.6) is 0 Å². The fourth-order valence-corrected chi connectivity index (χ4v) is 2.81. The van der Waals surface area contributed by atoms with Gasteiger partial charge in [0.1, 0.15) is 0 Å². The summed E-state index contributed by atoms with van der Waals surface area (Å²) < 4.78 is 5.30. The molecule has 0 spiro atoms. The lowest BCUT2D eigenvalue weighted by atomic mass is 10.0. The minimum atomic E-state index is -0.529. The van der Waals surface area contributed by atoms with Crippen LogP contribution in [0.3, 0.4) is 0 Å². The minimum Gasteiger partial charge on any atom is -0.379 e. The molecule has 0 aromatic heterocycles. The van der Waals surface area contributed by atoms with E-state index in [0.717, 1.165) is 32.8 Å². The van der Waals surface area contributed by atoms with Crippen molar-refractivity contribution in [1.29, 1.82) is 0 Å². The Hall–Kier alpha value is -1.38. The second-order valence-electron chi connectivity index (χ2n) is 7.01. The number of halogens is 2. The van der Waals surface area contributed by atoms with Crippen LogP contribution in [0.25, 0.3) is 0 Å². The normalized spacial score (nSPS) is 15.1. The maximum Gasteiger partial charge on any atom is 0.251 e. The lowest BCUT2D eigenvalue weighted by Crippen LogP contribution is -2.41. The highest BCUT2D eigenvalue weighted by Gasteiger charge is 2.15. The number of benzene rings is 1. The zero-order valence-corrected chi connectivity index (χ0v) is 18.1. The Morgan fingerprint density at radius 2 is 1.75 bits per heavy atom. The third-order valence-corrected chi connectivity index (χ3v) is 4.29. The zero-order chi connectivity index (χ0) is 18.9. The van der Waals surface area contributed by atoms with Gasteiger partial charge in [-0.1, -0.05) is 13.8 Å². The van der Waals surface area contributed by atoms with Gasteiger partial charge in [0, 0.05) is 37.4 Å². The number of rotatable bonds is 8. The number of carbonyl (C=O) groups is 2. The highest BCUT2D eigenvalue weighted by molar-refractivity contribution is 5.97. The molecule has 28 heavy (non-hydrogen) atoms. The van der Waals surface area contributed by atoms with Gasteiger partial charge in [0.2, 0.25) is 5.91 Å². The summed E-state index contributed by atoms with van der Waals surface area (Å²) in [6.07, 6.45) is 0.634. The van der Waals surface area contributed by atoms with Gasteiger partial charge in [-0.25, -0.2) is 0 Å². The number of anilines is 1. The van der Waals surface area contributed by atoms with Gasteiger partial charge in [0.15, 0.2) is 0 Å². The molecule has 2 amide bonds. The van der Waals surface area contributed by atoms with Crippen LogP contribution in [-0.2, 0) is 9.53 Å². The van der Waals surface area contributed by atoms with Crippen LogP contribution in [0.4, 0.5) is 5.69 Å². The van der Waals surface area contributed by atoms with Crippen LogP contribution >= 0.6 is 24.8 Å². The highest BCUT2D eigenvalue weighted by Crippen LogP contribution is 2.11. The molecule has 0 unspecified atom stereocenters. The average molecular weight is 435 g/mol. The molecule has 4 N–H and O–H groups in total. The Balaban J connectivity index is 0.00000364. The van der Waals surface area contributed by atoms with Gasteiger partial charge in [0.05, 0.1) is 19.3 Å². The van der Waals surface area contributed by atoms with E-state index in [1.807, 2.05) is 13.8 Å². The van der Waals surface area contributed by atoms with Crippen molar-refractivity contribution in [2.75, 3.05) is 44.7 Å². The lowest BCUT2D eigenvalue weighted by molar-refractivity contribution is -0.117. The van der Waals surface area contributed by atoms with E-state index in [1.165, 1.54) is 0 Å². The monoisotopic (exact) mass is 434 g/mol. The third-order valence-electron chi connectivity index (χ3n) is 4.29. The van der Waals surface area contributed by atoms with Gasteiger partial charge in [-0.05, 0) is 36.6 Å². The molecule has 1 aromatic carbocycles. The number of hydrogen-bond acceptors (Lipinski definition) is 5. The minimum absolute atomic E-state index is 0. The summed E-state index contributed by atoms with van der Waals surface area (Å²) in [5.41, 5.74) is 7.08. The Morgan fingerprint density at radius 3 is 2.32 bits per heavy atom. The number of carbonyl (C=O) groups excluding carboxylic acids is 2. The maximum atomic E-state index is 12.2. The van der Waals surface area contributed by atoms with Crippen LogP contribution in [-0.4, -0.2) is 62.1 Å². The molecule has 1 atom stereocenters. The molecule has 7 nitrogen and oxygen atoms in total. The predicted molar refractivity (Wildman–Crippen MR) is 117 cm³/mol. The smallest absolute Gasteiger partial charge is 0.251 e. The molecule has 1 aromatic rings. The quantitative estimate of drug-likeness (QED) is 0.580. The summed E-state index contributed by atoms with van der Waals surface area (Å²) in [7, 11) is 0. The number of hydrogen-bond donors (Lipinski definition) is 3. The highest BCUT2D eigenvalue weighted by atomic mass is 35.5. The first-order chi connectivity index (χ1) is 12.5. The van der Waals surface area contributed by atoms with Crippen molar-refractivity contribution < 1.29 is 14.3 Å². The third kappa shape index (κ3) is 9.21. The van der Waals surface area contributed by atoms with E-state index in [1.54, 1.807) is 24.3 Å². The Bertz CT molecular complexity index is 593. The van der Waals surface area contributed by atoms with Crippen molar-refractivity contribution in [2.45, 2.75) is 26.3 Å². The Kier molecular flexibility index (Phi) is 13.1. The van der Waals surface area contributed by atoms with Gasteiger partial charge in [-0.15, -0.1) is 24.8 Å². The van der Waals surface area contributed by atoms with Crippen LogP contribution < -0.4 is 16.4 Å². The van der Waals surface area contributed by atoms with Crippen molar-refractivity contribution >= 4 is 42.3 Å². The first-order valence-electron chi connectivity index (χ1n) is 9.20. The molecular formula is C19H32Cl2N4O3. The number of ether oxygens (including phenoxy) is 1. The second-order valence-corrected chi connectivity index (χ2v) is 7.01. The average Bonchev–Trinajstić information content (AvgIpc) is 2.62. The molecule has 1 heterocycles. The van der Waals surface area contributed by atoms with E-state index in [-0.39, 0.29) is 36.6 Å². The predicted octanol–water partition coefficient (Wildman–Crippen LogP) is 1.90. The number of nitrogens with two attached hydrogens (primary N) is 1. The maximum absolute atomic E-state index is 12.2. The van der Waals surface area contributed by atoms with Crippen LogP contribution in [0.2, 0.25) is 0 Å². The van der Waals surface area contributed by atoms with E-state index in [2.05, 4.69) is 15.5 Å². The van der Waals surface area contributed by atoms with E-state index in [4.69, 9.17) is 10.5 Å². The van der Waals surface area contributed by atoms with Gasteiger partial charge in [0.25, 0.3) is 5.91 Å². The summed E-state index contributed by atoms with van der Waals surface area (Å²) >= 11 is 0. The first-order valence-corrected chi connectivity index (χ1v) is 9.20. The van der Waals surface area contributed by atoms with Crippen molar-refractivity contribution in [2.24, 2.45) is 11.7 Å². The van der Waals surface area contributed by atoms with Gasteiger partial charge < -0.3 is 21.1 Å². The number of nitrogens with one attached hydrogen (secondary N) is 2. The first kappa shape index (κ1) is 26.6. The van der Waals surface area contributed by atoms with E-state index in [0.29, 0.717) is 30.1 Å². The van der Waals surface area contributed by atoms with Crippen molar-refractivity contribution in [3.05, 3.63) is 29.8 Å². The van der Waals surface area contributed by atoms with E-state index >= 15 is 0 Å². The van der Waals surface area contributed by atoms with Crippen LogP contribution in [0, 0.1) is 5.92 Å². The van der Waals surface area contributed by atoms with Crippen molar-refractivity contribution in [3.8, 4) is 0 Å². The molecule has 160 valence electrons. The SMILES string of the molecule is CC(C)C[C@H](N)C(=O)Nc1ccc(C(=O)NCCN2CCOCC2)cc1.Cl.Cl. The molecule has 0 radical (unpaired) electrons. The number of nitrogens with zero attached hydrogens (tertiary/aromatic N) is 1. The number of amides is 2. The Labute approximate surface area is 179 Å². The summed E-state index contributed by atoms with van der Waals surface area (Å²) in [6.45, 7) is 8.79. The van der Waals surface area contributed by atoms with Crippen LogP contribution in [0.15, 0.2) is 24.3 Å². The zero-order valence-electron chi connectivity index (χ0n) is 16.5. The molecule has 0 saturated carbocycles. The van der Waals surface area contributed by atoms with Crippen LogP contribution in [0.1, 0.15) is 30.6 Å². The van der Waals surface area contributed by atoms with E-state index in [9.17, 15) is 9.59 Å². The second kappa shape index (κ2) is 13.7. The summed E-state index contributed by atoms with van der Waals surface area (Å²) in [6, 6.07) is 6.31. The fraction of sp³-hybridized carbons (Fsp3) is 0.579. The molecular weight excluding hydrogens is 403 g/mol. The molecule has 9 heteroatoms. The topological polar surface area (TPSA) is 96.7 Å². The molecule has 1 aliphatic rings. The number of morpholine rings is 1. The Morgan fingerprint density at radius 1 is 1.14 bits per heavy atom. The fourth-order valence-electron chi connectivity index (χ4n) is 2.81.